The van der Waals surface area contributed by atoms with Crippen LogP contribution < -0.4 is 15.5 Å². The summed E-state index contributed by atoms with van der Waals surface area (Å²) in [6.07, 6.45) is 0.887. The largest absolute Gasteiger partial charge is 0.363 e. The van der Waals surface area contributed by atoms with Crippen LogP contribution in [0.2, 0.25) is 0 Å². The minimum Gasteiger partial charge on any atom is -0.363 e. The van der Waals surface area contributed by atoms with Crippen LogP contribution in [0.25, 0.3) is 10.9 Å². The van der Waals surface area contributed by atoms with E-state index in [9.17, 15) is 0 Å². The number of aliphatic imine (C=N–C) groups is 1. The number of benzene rings is 1. The van der Waals surface area contributed by atoms with E-state index in [2.05, 4.69) is 46.1 Å². The molecular weight excluding hydrogens is 495 g/mol. The number of hydrogen-bond acceptors (Lipinski definition) is 5. The second-order valence-electron chi connectivity index (χ2n) is 6.78. The van der Waals surface area contributed by atoms with Gasteiger partial charge in [0, 0.05) is 44.4 Å². The van der Waals surface area contributed by atoms with E-state index in [1.165, 1.54) is 5.56 Å². The first-order valence-electron chi connectivity index (χ1n) is 9.56. The summed E-state index contributed by atoms with van der Waals surface area (Å²) in [6.45, 7) is 6.33. The van der Waals surface area contributed by atoms with Crippen LogP contribution in [-0.2, 0) is 13.0 Å². The summed E-state index contributed by atoms with van der Waals surface area (Å²) >= 11 is 1.69. The van der Waals surface area contributed by atoms with Crippen LogP contribution in [-0.4, -0.2) is 43.1 Å². The molecule has 6 nitrogen and oxygen atoms in total. The van der Waals surface area contributed by atoms with Gasteiger partial charge >= 0.3 is 0 Å². The van der Waals surface area contributed by atoms with Crippen molar-refractivity contribution in [3.8, 4) is 0 Å². The van der Waals surface area contributed by atoms with Crippen molar-refractivity contribution in [1.29, 1.82) is 0 Å². The molecule has 0 unspecified atom stereocenters. The predicted molar refractivity (Wildman–Crippen MR) is 135 cm³/mol. The molecule has 0 spiro atoms. The Morgan fingerprint density at radius 3 is 2.66 bits per heavy atom. The van der Waals surface area contributed by atoms with E-state index in [0.717, 1.165) is 52.9 Å². The maximum Gasteiger partial charge on any atom is 0.191 e. The molecule has 3 rings (SSSR count). The van der Waals surface area contributed by atoms with Gasteiger partial charge in [-0.2, -0.15) is 0 Å². The number of guanidine groups is 1. The quantitative estimate of drug-likeness (QED) is 0.278. The molecule has 0 fully saturated rings. The molecule has 0 bridgehead atoms. The fourth-order valence-electron chi connectivity index (χ4n) is 2.93. The molecule has 0 saturated carbocycles. The number of aryl methyl sites for hydroxylation is 1. The Hall–Kier alpha value is -1.94. The highest BCUT2D eigenvalue weighted by Crippen LogP contribution is 2.22. The van der Waals surface area contributed by atoms with Crippen molar-refractivity contribution in [3.05, 3.63) is 52.0 Å². The summed E-state index contributed by atoms with van der Waals surface area (Å²) in [7, 11) is 4.02. The molecule has 0 amide bonds. The van der Waals surface area contributed by atoms with Crippen LogP contribution in [0.3, 0.4) is 0 Å². The summed E-state index contributed by atoms with van der Waals surface area (Å²) in [5, 5.41) is 11.1. The zero-order valence-electron chi connectivity index (χ0n) is 17.4. The first-order valence-corrected chi connectivity index (χ1v) is 10.4. The maximum absolute atomic E-state index is 4.80. The topological polar surface area (TPSA) is 65.4 Å². The molecule has 0 saturated heterocycles. The first-order chi connectivity index (χ1) is 13.6. The summed E-state index contributed by atoms with van der Waals surface area (Å²) in [5.74, 6) is 1.77. The minimum atomic E-state index is 0. The molecule has 2 heterocycles. The van der Waals surface area contributed by atoms with Gasteiger partial charge in [0.25, 0.3) is 0 Å². The molecule has 0 atom stereocenters. The summed E-state index contributed by atoms with van der Waals surface area (Å²) in [4.78, 5) is 16.1. The lowest BCUT2D eigenvalue weighted by atomic mass is 10.1. The summed E-state index contributed by atoms with van der Waals surface area (Å²) in [6, 6.07) is 10.3. The van der Waals surface area contributed by atoms with Crippen molar-refractivity contribution in [3.63, 3.8) is 0 Å². The molecule has 3 aromatic rings. The molecule has 0 aliphatic rings. The monoisotopic (exact) mass is 524 g/mol. The van der Waals surface area contributed by atoms with E-state index in [0.29, 0.717) is 6.54 Å². The average molecular weight is 524 g/mol. The highest BCUT2D eigenvalue weighted by atomic mass is 127. The average Bonchev–Trinajstić information content (AvgIpc) is 3.10. The van der Waals surface area contributed by atoms with Gasteiger partial charge in [0.2, 0.25) is 0 Å². The van der Waals surface area contributed by atoms with E-state index in [-0.39, 0.29) is 24.0 Å². The van der Waals surface area contributed by atoms with Gasteiger partial charge in [0.1, 0.15) is 5.82 Å². The number of pyridine rings is 1. The van der Waals surface area contributed by atoms with Crippen LogP contribution in [0.15, 0.2) is 40.7 Å². The normalized spacial score (nSPS) is 11.2. The van der Waals surface area contributed by atoms with Gasteiger partial charge < -0.3 is 15.5 Å². The zero-order chi connectivity index (χ0) is 19.9. The first kappa shape index (κ1) is 23.3. The van der Waals surface area contributed by atoms with Gasteiger partial charge in [0.05, 0.1) is 22.8 Å². The Balaban J connectivity index is 0.00000300. The molecule has 0 aliphatic heterocycles. The molecule has 2 aromatic heterocycles. The van der Waals surface area contributed by atoms with E-state index in [4.69, 9.17) is 9.98 Å². The third-order valence-corrected chi connectivity index (χ3v) is 5.16. The van der Waals surface area contributed by atoms with Gasteiger partial charge in [-0.1, -0.05) is 18.2 Å². The third-order valence-electron chi connectivity index (χ3n) is 4.34. The van der Waals surface area contributed by atoms with Crippen molar-refractivity contribution in [2.45, 2.75) is 26.8 Å². The number of nitrogens with zero attached hydrogens (tertiary/aromatic N) is 4. The lowest BCUT2D eigenvalue weighted by Gasteiger charge is -2.15. The van der Waals surface area contributed by atoms with E-state index in [1.54, 1.807) is 11.3 Å². The zero-order valence-corrected chi connectivity index (χ0v) is 20.5. The minimum absolute atomic E-state index is 0. The SMILES string of the molecule is CCNC(=NCc1cc(N(C)C)nc2ccccc12)NCCc1csc(C)n1.I. The van der Waals surface area contributed by atoms with Gasteiger partial charge in [-0.25, -0.2) is 15.0 Å². The number of rotatable bonds is 7. The maximum atomic E-state index is 4.80. The lowest BCUT2D eigenvalue weighted by Crippen LogP contribution is -2.38. The number of para-hydroxylation sites is 1. The molecule has 29 heavy (non-hydrogen) atoms. The van der Waals surface area contributed by atoms with E-state index >= 15 is 0 Å². The van der Waals surface area contributed by atoms with Crippen molar-refractivity contribution >= 4 is 58.0 Å². The van der Waals surface area contributed by atoms with Crippen LogP contribution >= 0.6 is 35.3 Å². The predicted octanol–water partition coefficient (Wildman–Crippen LogP) is 3.98. The van der Waals surface area contributed by atoms with Gasteiger partial charge in [0.15, 0.2) is 5.96 Å². The standard InChI is InChI=1S/C21H28N6S.HI/c1-5-22-21(23-11-10-17-14-28-15(2)25-17)24-13-16-12-20(27(3)4)26-19-9-7-6-8-18(16)19;/h6-9,12,14H,5,10-11,13H2,1-4H3,(H2,22,23,24);1H. The van der Waals surface area contributed by atoms with Crippen LogP contribution in [0.5, 0.6) is 0 Å². The summed E-state index contributed by atoms with van der Waals surface area (Å²) in [5.41, 5.74) is 3.29. The Labute approximate surface area is 193 Å². The van der Waals surface area contributed by atoms with Crippen molar-refractivity contribution in [2.75, 3.05) is 32.1 Å². The lowest BCUT2D eigenvalue weighted by molar-refractivity contribution is 0.790. The van der Waals surface area contributed by atoms with Gasteiger partial charge in [-0.3, -0.25) is 0 Å². The molecule has 0 aliphatic carbocycles. The molecule has 156 valence electrons. The van der Waals surface area contributed by atoms with Crippen LogP contribution in [0.4, 0.5) is 5.82 Å². The third kappa shape index (κ3) is 6.53. The van der Waals surface area contributed by atoms with Gasteiger partial charge in [-0.05, 0) is 31.5 Å². The van der Waals surface area contributed by atoms with Crippen LogP contribution in [0, 0.1) is 6.92 Å². The molecule has 8 heteroatoms. The highest BCUT2D eigenvalue weighted by Gasteiger charge is 2.07. The van der Waals surface area contributed by atoms with Crippen molar-refractivity contribution < 1.29 is 0 Å². The fraction of sp³-hybridized carbons (Fsp3) is 0.381. The Kier molecular flexibility index (Phi) is 9.09. The Morgan fingerprint density at radius 1 is 1.17 bits per heavy atom. The van der Waals surface area contributed by atoms with E-state index in [1.807, 2.05) is 38.1 Å². The van der Waals surface area contributed by atoms with Crippen molar-refractivity contribution in [1.82, 2.24) is 20.6 Å². The van der Waals surface area contributed by atoms with E-state index < -0.39 is 0 Å². The summed E-state index contributed by atoms with van der Waals surface area (Å²) < 4.78 is 0. The van der Waals surface area contributed by atoms with Crippen molar-refractivity contribution in [2.24, 2.45) is 4.99 Å². The molecule has 1 aromatic carbocycles. The number of anilines is 1. The molecular formula is C21H29IN6S. The molecule has 2 N–H and O–H groups in total. The number of thiazole rings is 1. The van der Waals surface area contributed by atoms with Crippen LogP contribution in [0.1, 0.15) is 23.2 Å². The number of hydrogen-bond donors (Lipinski definition) is 2. The highest BCUT2D eigenvalue weighted by molar-refractivity contribution is 14.0. The fourth-order valence-corrected chi connectivity index (χ4v) is 3.58. The number of nitrogens with one attached hydrogen (secondary N) is 2. The second-order valence-corrected chi connectivity index (χ2v) is 7.84. The smallest absolute Gasteiger partial charge is 0.191 e. The number of fused-ring (bicyclic) bond motifs is 1. The number of aromatic nitrogens is 2. The second kappa shape index (κ2) is 11.3. The Morgan fingerprint density at radius 2 is 1.97 bits per heavy atom. The Bertz CT molecular complexity index is 953. The van der Waals surface area contributed by atoms with Gasteiger partial charge in [-0.15, -0.1) is 35.3 Å². The number of halogens is 1. The molecule has 0 radical (unpaired) electrons.